The number of rotatable bonds is 18. The lowest BCUT2D eigenvalue weighted by Gasteiger charge is -2.46. The molecule has 1 aliphatic rings. The second kappa shape index (κ2) is 20.9. The molecule has 0 aliphatic carbocycles. The summed E-state index contributed by atoms with van der Waals surface area (Å²) >= 11 is 0. The van der Waals surface area contributed by atoms with Crippen LogP contribution in [0.3, 0.4) is 0 Å². The van der Waals surface area contributed by atoms with Gasteiger partial charge in [0.15, 0.2) is 12.2 Å². The topological polar surface area (TPSA) is 242 Å². The van der Waals surface area contributed by atoms with Crippen LogP contribution in [0.2, 0.25) is 0 Å². The number of benzene rings is 2. The second-order valence-electron chi connectivity index (χ2n) is 13.1. The monoisotopic (exact) mass is 770 g/mol. The van der Waals surface area contributed by atoms with Crippen molar-refractivity contribution in [2.75, 3.05) is 13.2 Å². The Kier molecular flexibility index (Phi) is 16.7. The van der Waals surface area contributed by atoms with E-state index in [1.54, 1.807) is 0 Å². The second-order valence-corrected chi connectivity index (χ2v) is 13.1. The van der Waals surface area contributed by atoms with Gasteiger partial charge in [0.05, 0.1) is 12.1 Å². The van der Waals surface area contributed by atoms with Crippen LogP contribution in [-0.4, -0.2) is 108 Å². The van der Waals surface area contributed by atoms with Crippen molar-refractivity contribution in [3.63, 3.8) is 0 Å². The number of hydrogen-bond donors (Lipinski definition) is 3. The molecule has 17 heteroatoms. The summed E-state index contributed by atoms with van der Waals surface area (Å²) in [5, 5.41) is 2.60. The van der Waals surface area contributed by atoms with Crippen LogP contribution in [0.25, 0.3) is 0 Å². The number of hydrogen-bond acceptors (Lipinski definition) is 14. The summed E-state index contributed by atoms with van der Waals surface area (Å²) in [6.45, 7) is 6.67. The summed E-state index contributed by atoms with van der Waals surface area (Å²) < 4.78 is 34.1. The molecule has 1 heterocycles. The van der Waals surface area contributed by atoms with Gasteiger partial charge >= 0.3 is 23.9 Å². The molecule has 2 aromatic rings. The van der Waals surface area contributed by atoms with Gasteiger partial charge in [-0.2, -0.15) is 0 Å². The molecule has 1 aliphatic heterocycles. The van der Waals surface area contributed by atoms with E-state index in [9.17, 15) is 33.6 Å². The Bertz CT molecular complexity index is 1600. The number of amides is 3. The Morgan fingerprint density at radius 3 is 1.85 bits per heavy atom. The molecule has 1 fully saturated rings. The molecule has 0 radical (unpaired) electrons. The van der Waals surface area contributed by atoms with Gasteiger partial charge in [0.25, 0.3) is 0 Å². The van der Waals surface area contributed by atoms with E-state index < -0.39 is 103 Å². The molecule has 2 aromatic carbocycles. The third-order valence-corrected chi connectivity index (χ3v) is 8.35. The molecule has 3 rings (SSSR count). The Labute approximate surface area is 319 Å². The van der Waals surface area contributed by atoms with Gasteiger partial charge < -0.3 is 50.1 Å². The molecule has 55 heavy (non-hydrogen) atoms. The zero-order chi connectivity index (χ0) is 40.8. The quantitative estimate of drug-likeness (QED) is 0.143. The minimum atomic E-state index is -1.51. The average molecular weight is 771 g/mol. The van der Waals surface area contributed by atoms with E-state index in [1.165, 1.54) is 20.8 Å². The van der Waals surface area contributed by atoms with Gasteiger partial charge in [-0.15, -0.1) is 0 Å². The lowest BCUT2D eigenvalue weighted by molar-refractivity contribution is -0.279. The van der Waals surface area contributed by atoms with Crippen molar-refractivity contribution in [2.45, 2.75) is 109 Å². The fourth-order valence-electron chi connectivity index (χ4n) is 6.09. The van der Waals surface area contributed by atoms with Crippen LogP contribution in [0.4, 0.5) is 0 Å². The molecule has 300 valence electrons. The molecule has 3 amide bonds. The standard InChI is InChI=1S/C38H50N4O13/c1-21(51-35-32(41-23(3)43)38(53-26(6)46)54-30(20-50-24(4)44)34(35)52-25(5)45)19-42(37(49)22(2)39)29(36(40)48)17-18-31(47)55-33(27-13-9-7-10-14-27)28-15-11-8-12-16-28/h7-16,21-22,29-30,32-35,38H,17-20,39H2,1-6H3,(H2,40,48)(H,41,43)/t21?,22-,29+,30+,32+,34+,35+,38-/m0/s1. The fourth-order valence-corrected chi connectivity index (χ4v) is 6.09. The van der Waals surface area contributed by atoms with Crippen molar-refractivity contribution in [1.82, 2.24) is 10.2 Å². The highest BCUT2D eigenvalue weighted by molar-refractivity contribution is 5.89. The summed E-state index contributed by atoms with van der Waals surface area (Å²) in [6, 6.07) is 14.4. The SMILES string of the molecule is CC(=O)N[C@H]1[C@@H](OC(C)=O)O[C@H](COC(C)=O)[C@@H](OC(C)=O)[C@@H]1OC(C)CN(C(=O)[C@H](C)N)[C@H](CCC(=O)OC(c1ccccc1)c1ccccc1)C(N)=O. The Balaban J connectivity index is 1.91. The maximum Gasteiger partial charge on any atom is 0.306 e. The van der Waals surface area contributed by atoms with Crippen LogP contribution >= 0.6 is 0 Å². The molecule has 0 saturated carbocycles. The minimum Gasteiger partial charge on any atom is -0.463 e. The highest BCUT2D eigenvalue weighted by atomic mass is 16.7. The number of carbonyl (C=O) groups is 7. The van der Waals surface area contributed by atoms with Crippen molar-refractivity contribution in [2.24, 2.45) is 11.5 Å². The predicted molar refractivity (Wildman–Crippen MR) is 193 cm³/mol. The Hall–Kier alpha value is -5.39. The lowest BCUT2D eigenvalue weighted by atomic mass is 9.95. The van der Waals surface area contributed by atoms with Crippen LogP contribution in [0, 0.1) is 0 Å². The van der Waals surface area contributed by atoms with Crippen molar-refractivity contribution < 1.29 is 62.0 Å². The molecule has 0 spiro atoms. The molecule has 17 nitrogen and oxygen atoms in total. The third-order valence-electron chi connectivity index (χ3n) is 8.35. The molecule has 1 unspecified atom stereocenters. The summed E-state index contributed by atoms with van der Waals surface area (Å²) in [7, 11) is 0. The van der Waals surface area contributed by atoms with Gasteiger partial charge in [-0.25, -0.2) is 0 Å². The van der Waals surface area contributed by atoms with Gasteiger partial charge in [0, 0.05) is 40.7 Å². The molecule has 5 N–H and O–H groups in total. The van der Waals surface area contributed by atoms with Crippen LogP contribution in [0.5, 0.6) is 0 Å². The third kappa shape index (κ3) is 13.4. The summed E-state index contributed by atoms with van der Waals surface area (Å²) in [5.41, 5.74) is 13.3. The summed E-state index contributed by atoms with van der Waals surface area (Å²) in [4.78, 5) is 89.4. The lowest BCUT2D eigenvalue weighted by Crippen LogP contribution is -2.67. The Morgan fingerprint density at radius 2 is 1.38 bits per heavy atom. The predicted octanol–water partition coefficient (Wildman–Crippen LogP) is 1.19. The number of ether oxygens (including phenoxy) is 6. The van der Waals surface area contributed by atoms with E-state index in [0.29, 0.717) is 0 Å². The van der Waals surface area contributed by atoms with Crippen molar-refractivity contribution in [3.8, 4) is 0 Å². The highest BCUT2D eigenvalue weighted by Gasteiger charge is 2.51. The van der Waals surface area contributed by atoms with E-state index >= 15 is 0 Å². The van der Waals surface area contributed by atoms with E-state index in [-0.39, 0.29) is 19.4 Å². The summed E-state index contributed by atoms with van der Waals surface area (Å²) in [5.74, 6) is -5.17. The van der Waals surface area contributed by atoms with E-state index in [4.69, 9.17) is 39.9 Å². The summed E-state index contributed by atoms with van der Waals surface area (Å²) in [6.07, 6.45) is -7.80. The zero-order valence-electron chi connectivity index (χ0n) is 31.7. The molecule has 8 atom stereocenters. The van der Waals surface area contributed by atoms with Crippen LogP contribution in [-0.2, 0) is 62.0 Å². The van der Waals surface area contributed by atoms with E-state index in [1.807, 2.05) is 60.7 Å². The molecular weight excluding hydrogens is 720 g/mol. The first-order chi connectivity index (χ1) is 26.0. The Morgan fingerprint density at radius 1 is 0.818 bits per heavy atom. The van der Waals surface area contributed by atoms with Gasteiger partial charge in [-0.05, 0) is 31.4 Å². The smallest absolute Gasteiger partial charge is 0.306 e. The van der Waals surface area contributed by atoms with Crippen molar-refractivity contribution in [1.29, 1.82) is 0 Å². The van der Waals surface area contributed by atoms with Crippen molar-refractivity contribution in [3.05, 3.63) is 71.8 Å². The van der Waals surface area contributed by atoms with Gasteiger partial charge in [-0.3, -0.25) is 33.6 Å². The number of nitrogens with one attached hydrogen (secondary N) is 1. The average Bonchev–Trinajstić information content (AvgIpc) is 3.11. The normalized spacial score (nSPS) is 20.9. The van der Waals surface area contributed by atoms with Crippen LogP contribution < -0.4 is 16.8 Å². The number of primary amides is 1. The highest BCUT2D eigenvalue weighted by Crippen LogP contribution is 2.30. The maximum atomic E-state index is 13.6. The molecule has 0 aromatic heterocycles. The first-order valence-corrected chi connectivity index (χ1v) is 17.7. The fraction of sp³-hybridized carbons (Fsp3) is 0.500. The number of esters is 4. The minimum absolute atomic E-state index is 0.240. The van der Waals surface area contributed by atoms with E-state index in [0.717, 1.165) is 36.8 Å². The molecular formula is C38H50N4O13. The molecule has 1 saturated heterocycles. The number of nitrogens with zero attached hydrogens (tertiary/aromatic N) is 1. The first kappa shape index (κ1) is 44.0. The van der Waals surface area contributed by atoms with Crippen molar-refractivity contribution >= 4 is 41.6 Å². The van der Waals surface area contributed by atoms with Gasteiger partial charge in [0.2, 0.25) is 24.0 Å². The van der Waals surface area contributed by atoms with E-state index in [2.05, 4.69) is 5.32 Å². The van der Waals surface area contributed by atoms with Gasteiger partial charge in [0.1, 0.15) is 30.9 Å². The molecule has 0 bridgehead atoms. The van der Waals surface area contributed by atoms with Gasteiger partial charge in [-0.1, -0.05) is 60.7 Å². The van der Waals surface area contributed by atoms with Crippen LogP contribution in [0.15, 0.2) is 60.7 Å². The zero-order valence-corrected chi connectivity index (χ0v) is 31.7. The number of nitrogens with two attached hydrogens (primary N) is 2. The largest absolute Gasteiger partial charge is 0.463 e. The number of carbonyl (C=O) groups excluding carboxylic acids is 7. The first-order valence-electron chi connectivity index (χ1n) is 17.7. The van der Waals surface area contributed by atoms with Crippen LogP contribution in [0.1, 0.15) is 71.6 Å². The maximum absolute atomic E-state index is 13.6.